The third-order valence-corrected chi connectivity index (χ3v) is 3.07. The fraction of sp³-hybridized carbons (Fsp3) is 0.571. The van der Waals surface area contributed by atoms with Crippen molar-refractivity contribution in [1.29, 1.82) is 0 Å². The number of nitrogens with one attached hydrogen (secondary N) is 1. The van der Waals surface area contributed by atoms with Gasteiger partial charge in [-0.2, -0.15) is 0 Å². The van der Waals surface area contributed by atoms with Crippen molar-refractivity contribution in [3.05, 3.63) is 27.7 Å². The summed E-state index contributed by atoms with van der Waals surface area (Å²) in [5, 5.41) is 13.6. The van der Waals surface area contributed by atoms with E-state index in [1.807, 2.05) is 6.07 Å². The van der Waals surface area contributed by atoms with Crippen LogP contribution in [0.25, 0.3) is 0 Å². The molecular weight excluding hydrogens is 285 g/mol. The molecule has 1 aromatic rings. The van der Waals surface area contributed by atoms with Gasteiger partial charge in [-0.15, -0.1) is 0 Å². The maximum Gasteiger partial charge on any atom is 0.142 e. The number of hydrogen-bond donors (Lipinski definition) is 2. The minimum absolute atomic E-state index is 0.364. The summed E-state index contributed by atoms with van der Waals surface area (Å²) in [5.41, 5.74) is 0.928. The first-order valence-corrected chi connectivity index (χ1v) is 7.18. The van der Waals surface area contributed by atoms with E-state index in [-0.39, 0.29) is 6.10 Å². The molecule has 108 valence electrons. The second-order valence-electron chi connectivity index (χ2n) is 4.90. The van der Waals surface area contributed by atoms with E-state index < -0.39 is 0 Å². The lowest BCUT2D eigenvalue weighted by Gasteiger charge is -2.16. The Kier molecular flexibility index (Phi) is 6.94. The summed E-state index contributed by atoms with van der Waals surface area (Å²) < 4.78 is 5.68. The maximum atomic E-state index is 9.24. The third-order valence-electron chi connectivity index (χ3n) is 2.57. The lowest BCUT2D eigenvalue weighted by molar-refractivity contribution is 0.155. The predicted molar refractivity (Wildman–Crippen MR) is 80.2 cm³/mol. The molecule has 0 radical (unpaired) electrons. The molecule has 1 aromatic carbocycles. The number of benzene rings is 1. The van der Waals surface area contributed by atoms with Crippen molar-refractivity contribution in [3.8, 4) is 5.75 Å². The summed E-state index contributed by atoms with van der Waals surface area (Å²) >= 11 is 12.2. The highest BCUT2D eigenvalue weighted by Crippen LogP contribution is 2.32. The van der Waals surface area contributed by atoms with E-state index in [1.54, 1.807) is 13.0 Å². The number of aliphatic hydroxyl groups excluding tert-OH is 1. The van der Waals surface area contributed by atoms with Crippen molar-refractivity contribution in [2.45, 2.75) is 45.9 Å². The molecule has 1 unspecified atom stereocenters. The van der Waals surface area contributed by atoms with Crippen molar-refractivity contribution in [2.24, 2.45) is 0 Å². The molecule has 0 saturated heterocycles. The molecule has 0 heterocycles. The molecule has 1 rings (SSSR count). The first kappa shape index (κ1) is 16.6. The molecule has 0 aromatic heterocycles. The normalized spacial score (nSPS) is 12.8. The quantitative estimate of drug-likeness (QED) is 0.808. The van der Waals surface area contributed by atoms with Gasteiger partial charge in [0.1, 0.15) is 5.75 Å². The third kappa shape index (κ3) is 6.00. The van der Waals surface area contributed by atoms with Crippen molar-refractivity contribution < 1.29 is 9.84 Å². The topological polar surface area (TPSA) is 41.5 Å². The number of hydrogen-bond acceptors (Lipinski definition) is 3. The van der Waals surface area contributed by atoms with Gasteiger partial charge in [-0.1, -0.05) is 37.0 Å². The van der Waals surface area contributed by atoms with E-state index >= 15 is 0 Å². The number of halogens is 2. The van der Waals surface area contributed by atoms with Crippen LogP contribution in [-0.2, 0) is 6.54 Å². The predicted octanol–water partition coefficient (Wildman–Crippen LogP) is 3.64. The molecule has 19 heavy (non-hydrogen) atoms. The van der Waals surface area contributed by atoms with Crippen LogP contribution >= 0.6 is 23.2 Å². The van der Waals surface area contributed by atoms with Gasteiger partial charge in [0, 0.05) is 29.6 Å². The van der Waals surface area contributed by atoms with Gasteiger partial charge in [-0.25, -0.2) is 0 Å². The fourth-order valence-electron chi connectivity index (χ4n) is 1.55. The number of ether oxygens (including phenoxy) is 1. The summed E-state index contributed by atoms with van der Waals surface area (Å²) in [4.78, 5) is 0. The van der Waals surface area contributed by atoms with Crippen LogP contribution in [-0.4, -0.2) is 23.9 Å². The van der Waals surface area contributed by atoms with Crippen LogP contribution in [0.15, 0.2) is 12.1 Å². The van der Waals surface area contributed by atoms with Gasteiger partial charge in [0.25, 0.3) is 0 Å². The Hall–Kier alpha value is -0.480. The maximum absolute atomic E-state index is 9.24. The second kappa shape index (κ2) is 7.95. The molecule has 3 nitrogen and oxygen atoms in total. The monoisotopic (exact) mass is 305 g/mol. The first-order valence-electron chi connectivity index (χ1n) is 6.42. The van der Waals surface area contributed by atoms with Crippen LogP contribution in [0.3, 0.4) is 0 Å². The Morgan fingerprint density at radius 3 is 2.53 bits per heavy atom. The average molecular weight is 306 g/mol. The minimum Gasteiger partial charge on any atom is -0.492 e. The van der Waals surface area contributed by atoms with Crippen molar-refractivity contribution in [1.82, 2.24) is 5.32 Å². The van der Waals surface area contributed by atoms with Gasteiger partial charge in [-0.05, 0) is 19.1 Å². The van der Waals surface area contributed by atoms with E-state index in [2.05, 4.69) is 19.2 Å². The SMILES string of the molecule is CC(O)CCOc1c(Cl)cc(Cl)cc1CNC(C)C. The van der Waals surface area contributed by atoms with E-state index in [4.69, 9.17) is 27.9 Å². The molecule has 1 atom stereocenters. The summed E-state index contributed by atoms with van der Waals surface area (Å²) in [6, 6.07) is 3.88. The lowest BCUT2D eigenvalue weighted by atomic mass is 10.2. The number of rotatable bonds is 7. The van der Waals surface area contributed by atoms with Crippen LogP contribution < -0.4 is 10.1 Å². The minimum atomic E-state index is -0.386. The summed E-state index contributed by atoms with van der Waals surface area (Å²) in [6.45, 7) is 6.93. The molecule has 0 aliphatic heterocycles. The molecule has 2 N–H and O–H groups in total. The van der Waals surface area contributed by atoms with Crippen LogP contribution in [0.5, 0.6) is 5.75 Å². The summed E-state index contributed by atoms with van der Waals surface area (Å²) in [5.74, 6) is 0.639. The van der Waals surface area contributed by atoms with Crippen LogP contribution in [0, 0.1) is 0 Å². The smallest absolute Gasteiger partial charge is 0.142 e. The van der Waals surface area contributed by atoms with Gasteiger partial charge in [-0.3, -0.25) is 0 Å². The molecule has 5 heteroatoms. The van der Waals surface area contributed by atoms with Crippen molar-refractivity contribution in [3.63, 3.8) is 0 Å². The molecule has 0 bridgehead atoms. The molecule has 0 aliphatic carbocycles. The highest BCUT2D eigenvalue weighted by molar-refractivity contribution is 6.35. The fourth-order valence-corrected chi connectivity index (χ4v) is 2.14. The first-order chi connectivity index (χ1) is 8.90. The molecule has 0 aliphatic rings. The van der Waals surface area contributed by atoms with Gasteiger partial charge in [0.05, 0.1) is 17.7 Å². The Labute approximate surface area is 124 Å². The molecule has 0 fully saturated rings. The van der Waals surface area contributed by atoms with Crippen molar-refractivity contribution in [2.75, 3.05) is 6.61 Å². The van der Waals surface area contributed by atoms with Crippen LogP contribution in [0.4, 0.5) is 0 Å². The van der Waals surface area contributed by atoms with Gasteiger partial charge >= 0.3 is 0 Å². The Morgan fingerprint density at radius 2 is 1.95 bits per heavy atom. The Balaban J connectivity index is 2.80. The summed E-state index contributed by atoms with van der Waals surface area (Å²) in [7, 11) is 0. The van der Waals surface area contributed by atoms with E-state index in [1.165, 1.54) is 0 Å². The van der Waals surface area contributed by atoms with Crippen LogP contribution in [0.2, 0.25) is 10.0 Å². The van der Waals surface area contributed by atoms with Crippen LogP contribution in [0.1, 0.15) is 32.8 Å². The number of aliphatic hydroxyl groups is 1. The molecule has 0 amide bonds. The zero-order valence-corrected chi connectivity index (χ0v) is 13.1. The van der Waals surface area contributed by atoms with E-state index in [9.17, 15) is 5.11 Å². The largest absolute Gasteiger partial charge is 0.492 e. The molecule has 0 saturated carbocycles. The standard InChI is InChI=1S/C14H21Cl2NO2/c1-9(2)17-8-11-6-12(15)7-13(16)14(11)19-5-4-10(3)18/h6-7,9-10,17-18H,4-5,8H2,1-3H3. The molecule has 0 spiro atoms. The lowest BCUT2D eigenvalue weighted by Crippen LogP contribution is -2.22. The zero-order valence-electron chi connectivity index (χ0n) is 11.5. The summed E-state index contributed by atoms with van der Waals surface area (Å²) in [6.07, 6.45) is 0.180. The highest BCUT2D eigenvalue weighted by atomic mass is 35.5. The Morgan fingerprint density at radius 1 is 1.26 bits per heavy atom. The van der Waals surface area contributed by atoms with Gasteiger partial charge in [0.15, 0.2) is 0 Å². The van der Waals surface area contributed by atoms with E-state index in [0.29, 0.717) is 41.4 Å². The van der Waals surface area contributed by atoms with Crippen molar-refractivity contribution >= 4 is 23.2 Å². The highest BCUT2D eigenvalue weighted by Gasteiger charge is 2.11. The Bertz CT molecular complexity index is 409. The molecular formula is C14H21Cl2NO2. The van der Waals surface area contributed by atoms with Gasteiger partial charge < -0.3 is 15.2 Å². The second-order valence-corrected chi connectivity index (χ2v) is 5.74. The zero-order chi connectivity index (χ0) is 14.4. The average Bonchev–Trinajstić information content (AvgIpc) is 2.28. The van der Waals surface area contributed by atoms with Gasteiger partial charge in [0.2, 0.25) is 0 Å². The van der Waals surface area contributed by atoms with E-state index in [0.717, 1.165) is 5.56 Å².